The van der Waals surface area contributed by atoms with Crippen molar-refractivity contribution in [1.29, 1.82) is 5.41 Å². The topological polar surface area (TPSA) is 49.9 Å². The second-order valence-corrected chi connectivity index (χ2v) is 4.97. The van der Waals surface area contributed by atoms with Crippen molar-refractivity contribution in [3.8, 4) is 0 Å². The van der Waals surface area contributed by atoms with Crippen LogP contribution in [0.5, 0.6) is 0 Å². The summed E-state index contributed by atoms with van der Waals surface area (Å²) in [5, 5.41) is 8.29. The summed E-state index contributed by atoms with van der Waals surface area (Å²) < 4.78 is 38.1. The third-order valence-electron chi connectivity index (χ3n) is 3.37. The predicted octanol–water partition coefficient (Wildman–Crippen LogP) is 4.36. The first-order valence-electron chi connectivity index (χ1n) is 6.52. The normalized spacial score (nSPS) is 11.3. The Bertz CT molecular complexity index is 746. The molecule has 0 aliphatic heterocycles. The van der Waals surface area contributed by atoms with E-state index in [4.69, 9.17) is 11.1 Å². The van der Waals surface area contributed by atoms with Crippen molar-refractivity contribution < 1.29 is 13.2 Å². The van der Waals surface area contributed by atoms with Gasteiger partial charge in [-0.05, 0) is 24.6 Å². The van der Waals surface area contributed by atoms with Gasteiger partial charge in [-0.1, -0.05) is 36.9 Å². The molecule has 0 saturated heterocycles. The van der Waals surface area contributed by atoms with Gasteiger partial charge in [0, 0.05) is 22.4 Å². The molecular formula is C17H15F3N2. The number of benzene rings is 2. The average Bonchev–Trinajstić information content (AvgIpc) is 2.45. The Labute approximate surface area is 126 Å². The van der Waals surface area contributed by atoms with E-state index in [0.717, 1.165) is 12.1 Å². The maximum Gasteiger partial charge on any atom is 0.416 e. The van der Waals surface area contributed by atoms with Crippen LogP contribution in [0.2, 0.25) is 0 Å². The number of hydrogen-bond donors (Lipinski definition) is 2. The minimum absolute atomic E-state index is 0.119. The molecule has 3 N–H and O–H groups in total. The molecule has 0 heterocycles. The van der Waals surface area contributed by atoms with Crippen LogP contribution in [0.1, 0.15) is 27.8 Å². The Morgan fingerprint density at radius 2 is 1.64 bits per heavy atom. The average molecular weight is 304 g/mol. The Morgan fingerprint density at radius 1 is 1.05 bits per heavy atom. The molecule has 0 bridgehead atoms. The number of rotatable bonds is 3. The molecule has 2 rings (SSSR count). The van der Waals surface area contributed by atoms with Gasteiger partial charge in [0.15, 0.2) is 0 Å². The van der Waals surface area contributed by atoms with Crippen LogP contribution in [-0.2, 0) is 6.18 Å². The van der Waals surface area contributed by atoms with Gasteiger partial charge in [-0.3, -0.25) is 5.41 Å². The number of aryl methyl sites for hydroxylation is 1. The van der Waals surface area contributed by atoms with Crippen LogP contribution in [-0.4, -0.2) is 5.71 Å². The molecule has 0 unspecified atom stereocenters. The first-order chi connectivity index (χ1) is 10.2. The molecule has 0 atom stereocenters. The highest BCUT2D eigenvalue weighted by Crippen LogP contribution is 2.31. The number of nitrogens with two attached hydrogens (primary N) is 1. The largest absolute Gasteiger partial charge is 0.416 e. The molecule has 5 heteroatoms. The van der Waals surface area contributed by atoms with E-state index in [1.807, 2.05) is 0 Å². The zero-order valence-corrected chi connectivity index (χ0v) is 12.0. The van der Waals surface area contributed by atoms with Crippen molar-refractivity contribution in [3.05, 3.63) is 76.9 Å². The minimum Gasteiger partial charge on any atom is -0.399 e. The van der Waals surface area contributed by atoms with Gasteiger partial charge in [0.25, 0.3) is 0 Å². The highest BCUT2D eigenvalue weighted by molar-refractivity contribution is 6.14. The van der Waals surface area contributed by atoms with E-state index in [1.165, 1.54) is 6.07 Å². The van der Waals surface area contributed by atoms with Crippen LogP contribution < -0.4 is 5.73 Å². The predicted molar refractivity (Wildman–Crippen MR) is 81.8 cm³/mol. The highest BCUT2D eigenvalue weighted by atomic mass is 19.4. The second-order valence-electron chi connectivity index (χ2n) is 4.97. The fraction of sp³-hybridized carbons (Fsp3) is 0.118. The van der Waals surface area contributed by atoms with E-state index in [9.17, 15) is 13.2 Å². The molecule has 0 aliphatic rings. The fourth-order valence-electron chi connectivity index (χ4n) is 2.25. The molecule has 0 saturated carbocycles. The summed E-state index contributed by atoms with van der Waals surface area (Å²) in [6.45, 7) is 5.22. The van der Waals surface area contributed by atoms with Gasteiger partial charge in [0.1, 0.15) is 0 Å². The molecule has 0 aliphatic carbocycles. The van der Waals surface area contributed by atoms with Gasteiger partial charge in [-0.2, -0.15) is 13.2 Å². The van der Waals surface area contributed by atoms with Gasteiger partial charge in [-0.15, -0.1) is 0 Å². The lowest BCUT2D eigenvalue weighted by Crippen LogP contribution is -2.11. The first kappa shape index (κ1) is 15.8. The maximum atomic E-state index is 12.7. The highest BCUT2D eigenvalue weighted by Gasteiger charge is 2.30. The lowest BCUT2D eigenvalue weighted by Gasteiger charge is -2.14. The van der Waals surface area contributed by atoms with Crippen molar-refractivity contribution in [2.75, 3.05) is 0 Å². The first-order valence-corrected chi connectivity index (χ1v) is 6.52. The Hall–Kier alpha value is -2.56. The van der Waals surface area contributed by atoms with Crippen molar-refractivity contribution in [2.24, 2.45) is 5.73 Å². The quantitative estimate of drug-likeness (QED) is 0.813. The van der Waals surface area contributed by atoms with E-state index in [1.54, 1.807) is 31.2 Å². The van der Waals surface area contributed by atoms with E-state index in [0.29, 0.717) is 28.0 Å². The van der Waals surface area contributed by atoms with E-state index < -0.39 is 11.7 Å². The molecule has 2 aromatic rings. The van der Waals surface area contributed by atoms with Crippen molar-refractivity contribution in [1.82, 2.24) is 0 Å². The molecular weight excluding hydrogens is 289 g/mol. The summed E-state index contributed by atoms with van der Waals surface area (Å²) in [4.78, 5) is 0. The summed E-state index contributed by atoms with van der Waals surface area (Å²) in [5.74, 6) is 0. The lowest BCUT2D eigenvalue weighted by molar-refractivity contribution is -0.137. The summed E-state index contributed by atoms with van der Waals surface area (Å²) in [6, 6.07) is 10.3. The molecule has 22 heavy (non-hydrogen) atoms. The van der Waals surface area contributed by atoms with E-state index in [2.05, 4.69) is 6.58 Å². The third kappa shape index (κ3) is 3.03. The number of halogens is 3. The Balaban J connectivity index is 2.50. The molecule has 0 radical (unpaired) electrons. The summed E-state index contributed by atoms with van der Waals surface area (Å²) in [5.41, 5.74) is 7.38. The van der Waals surface area contributed by atoms with E-state index >= 15 is 0 Å². The zero-order valence-electron chi connectivity index (χ0n) is 12.0. The zero-order chi connectivity index (χ0) is 16.5. The van der Waals surface area contributed by atoms with Crippen LogP contribution in [0, 0.1) is 12.3 Å². The molecule has 0 aromatic heterocycles. The van der Waals surface area contributed by atoms with Gasteiger partial charge < -0.3 is 5.73 Å². The van der Waals surface area contributed by atoms with Gasteiger partial charge in [0.05, 0.1) is 11.3 Å². The van der Waals surface area contributed by atoms with Crippen molar-refractivity contribution >= 4 is 11.4 Å². The fourth-order valence-corrected chi connectivity index (χ4v) is 2.25. The monoisotopic (exact) mass is 304 g/mol. The summed E-state index contributed by atoms with van der Waals surface area (Å²) >= 11 is 0. The van der Waals surface area contributed by atoms with Crippen LogP contribution in [0.3, 0.4) is 0 Å². The van der Waals surface area contributed by atoms with Crippen molar-refractivity contribution in [2.45, 2.75) is 13.1 Å². The maximum absolute atomic E-state index is 12.7. The van der Waals surface area contributed by atoms with Gasteiger partial charge in [0.2, 0.25) is 0 Å². The molecule has 2 nitrogen and oxygen atoms in total. The summed E-state index contributed by atoms with van der Waals surface area (Å²) in [6.07, 6.45) is -4.39. The van der Waals surface area contributed by atoms with Crippen LogP contribution in [0.15, 0.2) is 49.0 Å². The van der Waals surface area contributed by atoms with Crippen LogP contribution in [0.4, 0.5) is 13.2 Å². The summed E-state index contributed by atoms with van der Waals surface area (Å²) in [7, 11) is 0. The molecule has 0 fully saturated rings. The number of nitrogens with one attached hydrogen (secondary N) is 1. The van der Waals surface area contributed by atoms with E-state index in [-0.39, 0.29) is 5.71 Å². The second kappa shape index (κ2) is 5.67. The van der Waals surface area contributed by atoms with Gasteiger partial charge in [-0.25, -0.2) is 0 Å². The molecule has 0 amide bonds. The Morgan fingerprint density at radius 3 is 2.14 bits per heavy atom. The smallest absolute Gasteiger partial charge is 0.399 e. The molecule has 0 spiro atoms. The van der Waals surface area contributed by atoms with Gasteiger partial charge >= 0.3 is 6.18 Å². The van der Waals surface area contributed by atoms with Crippen LogP contribution >= 0.6 is 0 Å². The minimum atomic E-state index is -4.39. The number of hydrogen-bond acceptors (Lipinski definition) is 2. The SMILES string of the molecule is C=C(N)c1ccccc1C(=N)c1ccc(C(F)(F)F)cc1C. The van der Waals surface area contributed by atoms with Crippen LogP contribution in [0.25, 0.3) is 5.70 Å². The molecule has 2 aromatic carbocycles. The number of alkyl halides is 3. The van der Waals surface area contributed by atoms with Crippen molar-refractivity contribution in [3.63, 3.8) is 0 Å². The third-order valence-corrected chi connectivity index (χ3v) is 3.37. The Kier molecular flexibility index (Phi) is 4.08. The lowest BCUT2D eigenvalue weighted by atomic mass is 9.93. The molecule has 114 valence electrons. The standard InChI is InChI=1S/C17H15F3N2/c1-10-9-12(17(18,19)20)7-8-13(10)16(22)15-6-4-3-5-14(15)11(2)21/h3-9,22H,2,21H2,1H3.